The molecule has 1 heterocycles. The van der Waals surface area contributed by atoms with Gasteiger partial charge in [0.2, 0.25) is 5.95 Å². The first-order valence-electron chi connectivity index (χ1n) is 5.64. The third-order valence-corrected chi connectivity index (χ3v) is 2.37. The first-order chi connectivity index (χ1) is 8.36. The molecule has 0 aliphatic heterocycles. The number of aliphatic hydroxyl groups is 1. The number of hydrogen-bond donors (Lipinski definition) is 1. The molecule has 0 aliphatic rings. The second-order valence-corrected chi connectivity index (χ2v) is 4.10. The molecule has 0 atom stereocenters. The van der Waals surface area contributed by atoms with Crippen molar-refractivity contribution >= 4 is 5.95 Å². The predicted molar refractivity (Wildman–Crippen MR) is 61.2 cm³/mol. The first-order valence-corrected chi connectivity index (χ1v) is 5.64. The van der Waals surface area contributed by atoms with E-state index < -0.39 is 11.9 Å². The van der Waals surface area contributed by atoms with Gasteiger partial charge < -0.3 is 10.0 Å². The quantitative estimate of drug-likeness (QED) is 0.883. The van der Waals surface area contributed by atoms with Gasteiger partial charge >= 0.3 is 6.18 Å². The zero-order valence-corrected chi connectivity index (χ0v) is 10.3. The highest BCUT2D eigenvalue weighted by Crippen LogP contribution is 2.28. The number of hydrogen-bond acceptors (Lipinski definition) is 4. The number of nitrogens with zero attached hydrogens (tertiary/aromatic N) is 3. The first kappa shape index (κ1) is 14.7. The van der Waals surface area contributed by atoms with Crippen molar-refractivity contribution in [1.82, 2.24) is 9.97 Å². The van der Waals surface area contributed by atoms with Crippen molar-refractivity contribution in [3.05, 3.63) is 18.0 Å². The summed E-state index contributed by atoms with van der Waals surface area (Å²) in [6, 6.07) is 0.800. The fraction of sp³-hybridized carbons (Fsp3) is 0.636. The number of alkyl halides is 3. The van der Waals surface area contributed by atoms with Crippen LogP contribution in [0.25, 0.3) is 0 Å². The molecule has 1 N–H and O–H groups in total. The normalized spacial score (nSPS) is 11.9. The molecule has 0 bridgehead atoms. The van der Waals surface area contributed by atoms with E-state index >= 15 is 0 Å². The molecule has 0 aliphatic carbocycles. The van der Waals surface area contributed by atoms with Crippen LogP contribution in [0.4, 0.5) is 19.1 Å². The average molecular weight is 263 g/mol. The molecular formula is C11H16F3N3O. The minimum Gasteiger partial charge on any atom is -0.396 e. The van der Waals surface area contributed by atoms with Crippen LogP contribution < -0.4 is 4.90 Å². The van der Waals surface area contributed by atoms with Crippen LogP contribution in [-0.2, 0) is 6.18 Å². The number of aliphatic hydroxyl groups excluding tert-OH is 1. The second-order valence-electron chi connectivity index (χ2n) is 4.10. The van der Waals surface area contributed by atoms with E-state index in [-0.39, 0.29) is 18.6 Å². The number of rotatable bonds is 5. The minimum absolute atomic E-state index is 0.0256. The van der Waals surface area contributed by atoms with Gasteiger partial charge in [-0.1, -0.05) is 0 Å². The lowest BCUT2D eigenvalue weighted by Crippen LogP contribution is -2.34. The van der Waals surface area contributed by atoms with Crippen LogP contribution in [0.5, 0.6) is 0 Å². The smallest absolute Gasteiger partial charge is 0.396 e. The number of aromatic nitrogens is 2. The van der Waals surface area contributed by atoms with E-state index in [0.29, 0.717) is 13.0 Å². The molecule has 0 saturated carbocycles. The van der Waals surface area contributed by atoms with Crippen LogP contribution in [0.3, 0.4) is 0 Å². The third-order valence-electron chi connectivity index (χ3n) is 2.37. The summed E-state index contributed by atoms with van der Waals surface area (Å²) in [7, 11) is 0. The number of anilines is 1. The molecule has 1 rings (SSSR count). The maximum atomic E-state index is 12.5. The van der Waals surface area contributed by atoms with E-state index in [9.17, 15) is 13.2 Å². The van der Waals surface area contributed by atoms with Crippen molar-refractivity contribution in [2.75, 3.05) is 18.1 Å². The molecule has 18 heavy (non-hydrogen) atoms. The van der Waals surface area contributed by atoms with Gasteiger partial charge in [-0.3, -0.25) is 0 Å². The summed E-state index contributed by atoms with van der Waals surface area (Å²) < 4.78 is 37.6. The van der Waals surface area contributed by atoms with Gasteiger partial charge in [0.1, 0.15) is 5.69 Å². The van der Waals surface area contributed by atoms with Crippen molar-refractivity contribution in [2.24, 2.45) is 0 Å². The van der Waals surface area contributed by atoms with E-state index in [1.165, 1.54) is 0 Å². The Morgan fingerprint density at radius 2 is 2.06 bits per heavy atom. The van der Waals surface area contributed by atoms with Crippen LogP contribution in [-0.4, -0.2) is 34.3 Å². The van der Waals surface area contributed by atoms with Gasteiger partial charge in [-0.05, 0) is 26.3 Å². The number of halogens is 3. The van der Waals surface area contributed by atoms with Crippen molar-refractivity contribution in [2.45, 2.75) is 32.5 Å². The van der Waals surface area contributed by atoms with Gasteiger partial charge in [0.15, 0.2) is 0 Å². The van der Waals surface area contributed by atoms with Gasteiger partial charge in [-0.25, -0.2) is 9.97 Å². The zero-order chi connectivity index (χ0) is 13.8. The Kier molecular flexibility index (Phi) is 4.89. The monoisotopic (exact) mass is 263 g/mol. The summed E-state index contributed by atoms with van der Waals surface area (Å²) >= 11 is 0. The molecule has 0 radical (unpaired) electrons. The molecule has 0 unspecified atom stereocenters. The summed E-state index contributed by atoms with van der Waals surface area (Å²) in [5.74, 6) is 0.0354. The minimum atomic E-state index is -4.47. The molecule has 0 spiro atoms. The highest BCUT2D eigenvalue weighted by molar-refractivity contribution is 5.32. The zero-order valence-electron chi connectivity index (χ0n) is 10.3. The molecule has 102 valence electrons. The molecule has 0 aromatic carbocycles. The van der Waals surface area contributed by atoms with Crippen molar-refractivity contribution in [3.8, 4) is 0 Å². The Balaban J connectivity index is 2.98. The van der Waals surface area contributed by atoms with Crippen LogP contribution in [0.15, 0.2) is 12.3 Å². The lowest BCUT2D eigenvalue weighted by molar-refractivity contribution is -0.141. The van der Waals surface area contributed by atoms with E-state index in [4.69, 9.17) is 5.11 Å². The highest BCUT2D eigenvalue weighted by Gasteiger charge is 2.33. The largest absolute Gasteiger partial charge is 0.433 e. The van der Waals surface area contributed by atoms with Crippen LogP contribution in [0.2, 0.25) is 0 Å². The third kappa shape index (κ3) is 3.83. The molecule has 1 aromatic heterocycles. The second kappa shape index (κ2) is 5.99. The van der Waals surface area contributed by atoms with Gasteiger partial charge in [-0.2, -0.15) is 13.2 Å². The maximum Gasteiger partial charge on any atom is 0.433 e. The van der Waals surface area contributed by atoms with Gasteiger partial charge in [-0.15, -0.1) is 0 Å². The Bertz CT molecular complexity index is 382. The molecule has 4 nitrogen and oxygen atoms in total. The molecule has 0 saturated heterocycles. The standard InChI is InChI=1S/C11H16F3N3O/c1-8(2)17(6-3-7-18)10-15-5-4-9(16-10)11(12,13)14/h4-5,8,18H,3,6-7H2,1-2H3. The molecular weight excluding hydrogens is 247 g/mol. The SMILES string of the molecule is CC(C)N(CCCO)c1nccc(C(F)(F)F)n1. The highest BCUT2D eigenvalue weighted by atomic mass is 19.4. The van der Waals surface area contributed by atoms with Crippen LogP contribution in [0, 0.1) is 0 Å². The van der Waals surface area contributed by atoms with Gasteiger partial charge in [0.25, 0.3) is 0 Å². The fourth-order valence-electron chi connectivity index (χ4n) is 1.47. The van der Waals surface area contributed by atoms with Gasteiger partial charge in [0.05, 0.1) is 0 Å². The summed E-state index contributed by atoms with van der Waals surface area (Å²) in [6.45, 7) is 4.06. The summed E-state index contributed by atoms with van der Waals surface area (Å²) in [5.41, 5.74) is -0.956. The molecule has 7 heteroatoms. The lowest BCUT2D eigenvalue weighted by atomic mass is 10.3. The van der Waals surface area contributed by atoms with Crippen molar-refractivity contribution in [3.63, 3.8) is 0 Å². The van der Waals surface area contributed by atoms with Crippen molar-refractivity contribution in [1.29, 1.82) is 0 Å². The van der Waals surface area contributed by atoms with Gasteiger partial charge in [0, 0.05) is 25.4 Å². The summed E-state index contributed by atoms with van der Waals surface area (Å²) in [6.07, 6.45) is -2.92. The Morgan fingerprint density at radius 1 is 1.39 bits per heavy atom. The molecule has 0 fully saturated rings. The maximum absolute atomic E-state index is 12.5. The van der Waals surface area contributed by atoms with Crippen molar-refractivity contribution < 1.29 is 18.3 Å². The molecule has 1 aromatic rings. The van der Waals surface area contributed by atoms with E-state index in [1.54, 1.807) is 4.90 Å². The molecule has 0 amide bonds. The van der Waals surface area contributed by atoms with E-state index in [1.807, 2.05) is 13.8 Å². The Morgan fingerprint density at radius 3 is 2.56 bits per heavy atom. The summed E-state index contributed by atoms with van der Waals surface area (Å²) in [5, 5.41) is 8.78. The Labute approximate surface area is 103 Å². The lowest BCUT2D eigenvalue weighted by Gasteiger charge is -2.26. The average Bonchev–Trinajstić information content (AvgIpc) is 2.28. The predicted octanol–water partition coefficient (Wildman–Crippen LogP) is 2.09. The van der Waals surface area contributed by atoms with Crippen LogP contribution >= 0.6 is 0 Å². The van der Waals surface area contributed by atoms with E-state index in [0.717, 1.165) is 12.3 Å². The van der Waals surface area contributed by atoms with E-state index in [2.05, 4.69) is 9.97 Å². The summed E-state index contributed by atoms with van der Waals surface area (Å²) in [4.78, 5) is 9.02. The Hall–Kier alpha value is -1.37. The fourth-order valence-corrected chi connectivity index (χ4v) is 1.47. The topological polar surface area (TPSA) is 49.2 Å². The van der Waals surface area contributed by atoms with Crippen LogP contribution in [0.1, 0.15) is 26.0 Å².